The second kappa shape index (κ2) is 11.8. The van der Waals surface area contributed by atoms with Gasteiger partial charge >= 0.3 is 0 Å². The number of nitrogens with zero attached hydrogens (tertiary/aromatic N) is 4. The predicted octanol–water partition coefficient (Wildman–Crippen LogP) is 2.70. The number of piperidine rings is 1. The number of hydrogen-bond acceptors (Lipinski definition) is 4. The fourth-order valence-corrected chi connectivity index (χ4v) is 3.57. The van der Waals surface area contributed by atoms with Crippen LogP contribution in [0.5, 0.6) is 0 Å². The van der Waals surface area contributed by atoms with Crippen molar-refractivity contribution < 1.29 is 9.59 Å². The van der Waals surface area contributed by atoms with E-state index in [9.17, 15) is 9.59 Å². The number of imide groups is 1. The van der Waals surface area contributed by atoms with E-state index >= 15 is 0 Å². The number of nitrogens with one attached hydrogen (secondary N) is 2. The number of halogens is 1. The normalized spacial score (nSPS) is 14.4. The minimum atomic E-state index is -0.0891. The average Bonchev–Trinajstić information content (AvgIpc) is 3.06. The lowest BCUT2D eigenvalue weighted by molar-refractivity contribution is -0.147. The summed E-state index contributed by atoms with van der Waals surface area (Å²) in [6, 6.07) is 10.1. The molecule has 0 saturated carbocycles. The van der Waals surface area contributed by atoms with Gasteiger partial charge in [0.05, 0.1) is 17.9 Å². The maximum Gasteiger partial charge on any atom is 0.229 e. The first kappa shape index (κ1) is 24.8. The SMILES string of the molecule is CCNC(=NCc1ccccc1-n1nc(C)cc1C)NCCN1C(=O)CCCC1=O.I. The van der Waals surface area contributed by atoms with E-state index in [-0.39, 0.29) is 35.8 Å². The summed E-state index contributed by atoms with van der Waals surface area (Å²) in [5.74, 6) is 0.472. The average molecular weight is 538 g/mol. The molecule has 2 N–H and O–H groups in total. The first-order valence-corrected chi connectivity index (χ1v) is 10.5. The van der Waals surface area contributed by atoms with Crippen LogP contribution in [0, 0.1) is 13.8 Å². The van der Waals surface area contributed by atoms with Crippen LogP contribution >= 0.6 is 24.0 Å². The lowest BCUT2D eigenvalue weighted by atomic mass is 10.1. The fourth-order valence-electron chi connectivity index (χ4n) is 3.57. The molecule has 1 aromatic heterocycles. The van der Waals surface area contributed by atoms with Crippen molar-refractivity contribution in [2.75, 3.05) is 19.6 Å². The molecule has 168 valence electrons. The fraction of sp³-hybridized carbons (Fsp3) is 0.455. The molecule has 1 saturated heterocycles. The summed E-state index contributed by atoms with van der Waals surface area (Å²) in [5.41, 5.74) is 4.11. The van der Waals surface area contributed by atoms with Crippen LogP contribution in [0.4, 0.5) is 0 Å². The summed E-state index contributed by atoms with van der Waals surface area (Å²) >= 11 is 0. The molecule has 3 rings (SSSR count). The maximum absolute atomic E-state index is 11.9. The molecule has 0 atom stereocenters. The van der Waals surface area contributed by atoms with Crippen LogP contribution in [0.1, 0.15) is 43.1 Å². The first-order chi connectivity index (χ1) is 14.5. The van der Waals surface area contributed by atoms with Crippen LogP contribution in [-0.4, -0.2) is 52.1 Å². The standard InChI is InChI=1S/C22H30N6O2.HI/c1-4-23-22(24-12-13-27-20(29)10-7-11-21(27)30)25-15-18-8-5-6-9-19(18)28-17(3)14-16(2)26-28;/h5-6,8-9,14H,4,7,10-13,15H2,1-3H3,(H2,23,24,25);1H. The van der Waals surface area contributed by atoms with Gasteiger partial charge in [-0.05, 0) is 44.9 Å². The Hall–Kier alpha value is -2.43. The van der Waals surface area contributed by atoms with Crippen LogP contribution in [0.15, 0.2) is 35.3 Å². The van der Waals surface area contributed by atoms with Gasteiger partial charge in [-0.25, -0.2) is 9.67 Å². The number of carbonyl (C=O) groups is 2. The number of aliphatic imine (C=N–C) groups is 1. The smallest absolute Gasteiger partial charge is 0.229 e. The van der Waals surface area contributed by atoms with Gasteiger partial charge in [-0.15, -0.1) is 24.0 Å². The highest BCUT2D eigenvalue weighted by atomic mass is 127. The van der Waals surface area contributed by atoms with Crippen molar-refractivity contribution in [2.24, 2.45) is 4.99 Å². The molecule has 1 fully saturated rings. The Morgan fingerprint density at radius 2 is 1.84 bits per heavy atom. The van der Waals surface area contributed by atoms with Crippen molar-refractivity contribution in [3.63, 3.8) is 0 Å². The highest BCUT2D eigenvalue weighted by Gasteiger charge is 2.25. The van der Waals surface area contributed by atoms with E-state index in [4.69, 9.17) is 4.99 Å². The van der Waals surface area contributed by atoms with Crippen molar-refractivity contribution in [1.82, 2.24) is 25.3 Å². The molecule has 2 heterocycles. The molecular weight excluding hydrogens is 507 g/mol. The number of aromatic nitrogens is 2. The zero-order valence-corrected chi connectivity index (χ0v) is 20.7. The van der Waals surface area contributed by atoms with Gasteiger partial charge in [0, 0.05) is 38.2 Å². The van der Waals surface area contributed by atoms with Crippen molar-refractivity contribution in [3.05, 3.63) is 47.3 Å². The second-order valence-electron chi connectivity index (χ2n) is 7.38. The third kappa shape index (κ3) is 6.52. The monoisotopic (exact) mass is 538 g/mol. The van der Waals surface area contributed by atoms with Gasteiger partial charge in [0.2, 0.25) is 11.8 Å². The van der Waals surface area contributed by atoms with E-state index in [0.717, 1.165) is 22.6 Å². The van der Waals surface area contributed by atoms with E-state index in [1.807, 2.05) is 49.7 Å². The number of rotatable bonds is 7. The molecule has 0 bridgehead atoms. The molecule has 0 unspecified atom stereocenters. The van der Waals surface area contributed by atoms with Crippen molar-refractivity contribution in [2.45, 2.75) is 46.6 Å². The zero-order valence-electron chi connectivity index (χ0n) is 18.4. The van der Waals surface area contributed by atoms with E-state index in [2.05, 4.69) is 21.8 Å². The van der Waals surface area contributed by atoms with Gasteiger partial charge in [0.1, 0.15) is 0 Å². The van der Waals surface area contributed by atoms with E-state index in [0.29, 0.717) is 51.4 Å². The maximum atomic E-state index is 11.9. The number of benzene rings is 1. The molecular formula is C22H31IN6O2. The Labute approximate surface area is 200 Å². The van der Waals surface area contributed by atoms with Gasteiger partial charge in [-0.3, -0.25) is 14.5 Å². The highest BCUT2D eigenvalue weighted by Crippen LogP contribution is 2.18. The number of hydrogen-bond donors (Lipinski definition) is 2. The Morgan fingerprint density at radius 1 is 1.13 bits per heavy atom. The number of aryl methyl sites for hydroxylation is 2. The minimum absolute atomic E-state index is 0. The van der Waals surface area contributed by atoms with Gasteiger partial charge in [-0.2, -0.15) is 5.10 Å². The molecule has 2 aromatic rings. The Bertz CT molecular complexity index is 924. The second-order valence-corrected chi connectivity index (χ2v) is 7.38. The summed E-state index contributed by atoms with van der Waals surface area (Å²) in [5, 5.41) is 11.0. The first-order valence-electron chi connectivity index (χ1n) is 10.5. The largest absolute Gasteiger partial charge is 0.357 e. The molecule has 2 amide bonds. The highest BCUT2D eigenvalue weighted by molar-refractivity contribution is 14.0. The summed E-state index contributed by atoms with van der Waals surface area (Å²) in [4.78, 5) is 29.9. The topological polar surface area (TPSA) is 91.6 Å². The third-order valence-corrected chi connectivity index (χ3v) is 4.99. The summed E-state index contributed by atoms with van der Waals surface area (Å²) in [6.45, 7) is 8.02. The van der Waals surface area contributed by atoms with Crippen molar-refractivity contribution in [3.8, 4) is 5.69 Å². The molecule has 0 radical (unpaired) electrons. The number of guanidine groups is 1. The molecule has 1 aliphatic rings. The van der Waals surface area contributed by atoms with Crippen LogP contribution < -0.4 is 10.6 Å². The lowest BCUT2D eigenvalue weighted by Gasteiger charge is -2.25. The van der Waals surface area contributed by atoms with E-state index in [1.54, 1.807) is 0 Å². The molecule has 9 heteroatoms. The number of amides is 2. The number of carbonyl (C=O) groups excluding carboxylic acids is 2. The molecule has 8 nitrogen and oxygen atoms in total. The Kier molecular flexibility index (Phi) is 9.47. The molecule has 1 aliphatic heterocycles. The van der Waals surface area contributed by atoms with Gasteiger partial charge in [0.25, 0.3) is 0 Å². The zero-order chi connectivity index (χ0) is 21.5. The summed E-state index contributed by atoms with van der Waals surface area (Å²) in [6.07, 6.45) is 1.55. The number of likely N-dealkylation sites (tertiary alicyclic amines) is 1. The number of para-hydroxylation sites is 1. The van der Waals surface area contributed by atoms with Crippen molar-refractivity contribution in [1.29, 1.82) is 0 Å². The van der Waals surface area contributed by atoms with E-state index in [1.165, 1.54) is 4.90 Å². The van der Waals surface area contributed by atoms with Crippen molar-refractivity contribution >= 4 is 41.8 Å². The molecule has 31 heavy (non-hydrogen) atoms. The minimum Gasteiger partial charge on any atom is -0.357 e. The summed E-state index contributed by atoms with van der Waals surface area (Å²) in [7, 11) is 0. The molecule has 1 aromatic carbocycles. The van der Waals surface area contributed by atoms with Crippen LogP contribution in [0.25, 0.3) is 5.69 Å². The third-order valence-electron chi connectivity index (χ3n) is 4.99. The molecule has 0 aliphatic carbocycles. The van der Waals surface area contributed by atoms with Gasteiger partial charge in [-0.1, -0.05) is 18.2 Å². The lowest BCUT2D eigenvalue weighted by Crippen LogP contribution is -2.46. The van der Waals surface area contributed by atoms with Gasteiger partial charge in [0.15, 0.2) is 5.96 Å². The van der Waals surface area contributed by atoms with Crippen LogP contribution in [-0.2, 0) is 16.1 Å². The van der Waals surface area contributed by atoms with E-state index < -0.39 is 0 Å². The Balaban J connectivity index is 0.00000341. The Morgan fingerprint density at radius 3 is 2.48 bits per heavy atom. The quantitative estimate of drug-likeness (QED) is 0.245. The predicted molar refractivity (Wildman–Crippen MR) is 132 cm³/mol. The van der Waals surface area contributed by atoms with Crippen LogP contribution in [0.3, 0.4) is 0 Å². The van der Waals surface area contributed by atoms with Gasteiger partial charge < -0.3 is 10.6 Å². The molecule has 0 spiro atoms. The summed E-state index contributed by atoms with van der Waals surface area (Å²) < 4.78 is 1.94. The van der Waals surface area contributed by atoms with Crippen LogP contribution in [0.2, 0.25) is 0 Å².